The molecule has 0 aliphatic heterocycles. The maximum absolute atomic E-state index is 12.0. The zero-order valence-corrected chi connectivity index (χ0v) is 16.0. The van der Waals surface area contributed by atoms with E-state index in [2.05, 4.69) is 0 Å². The molecule has 6 heteroatoms. The summed E-state index contributed by atoms with van der Waals surface area (Å²) in [5.74, 6) is 0.867. The molecule has 0 fully saturated rings. The average Bonchev–Trinajstić information content (AvgIpc) is 2.70. The molecule has 28 heavy (non-hydrogen) atoms. The van der Waals surface area contributed by atoms with E-state index in [0.29, 0.717) is 22.8 Å². The summed E-state index contributed by atoms with van der Waals surface area (Å²) in [6.45, 7) is 0. The third kappa shape index (κ3) is 6.02. The Hall–Kier alpha value is -3.54. The van der Waals surface area contributed by atoms with Gasteiger partial charge in [0.2, 0.25) is 0 Å². The molecule has 0 radical (unpaired) electrons. The second kappa shape index (κ2) is 9.97. The van der Waals surface area contributed by atoms with Crippen molar-refractivity contribution in [2.24, 2.45) is 0 Å². The monoisotopic (exact) mass is 382 g/mol. The Morgan fingerprint density at radius 3 is 1.89 bits per heavy atom. The van der Waals surface area contributed by atoms with E-state index < -0.39 is 0 Å². The van der Waals surface area contributed by atoms with Gasteiger partial charge < -0.3 is 19.3 Å². The zero-order chi connectivity index (χ0) is 20.5. The summed E-state index contributed by atoms with van der Waals surface area (Å²) in [4.78, 5) is 24.0. The number of benzene rings is 2. The number of ketones is 2. The number of phenols is 1. The van der Waals surface area contributed by atoms with E-state index in [-0.39, 0.29) is 23.7 Å². The Bertz CT molecular complexity index is 889. The van der Waals surface area contributed by atoms with Crippen molar-refractivity contribution in [1.82, 2.24) is 0 Å². The Balaban J connectivity index is 1.98. The van der Waals surface area contributed by atoms with E-state index in [1.54, 1.807) is 50.6 Å². The number of allylic oxidation sites excluding steroid dienone is 2. The van der Waals surface area contributed by atoms with E-state index in [1.807, 2.05) is 0 Å². The maximum Gasteiger partial charge on any atom is 0.163 e. The highest BCUT2D eigenvalue weighted by Gasteiger charge is 2.06. The lowest BCUT2D eigenvalue weighted by atomic mass is 10.1. The Labute approximate surface area is 163 Å². The lowest BCUT2D eigenvalue weighted by molar-refractivity contribution is -0.121. The van der Waals surface area contributed by atoms with Crippen molar-refractivity contribution in [3.8, 4) is 23.0 Å². The molecule has 0 aliphatic rings. The average molecular weight is 382 g/mol. The van der Waals surface area contributed by atoms with E-state index >= 15 is 0 Å². The molecule has 0 amide bonds. The molecular formula is C22H22O6. The predicted octanol–water partition coefficient (Wildman–Crippen LogP) is 3.67. The summed E-state index contributed by atoms with van der Waals surface area (Å²) < 4.78 is 15.3. The molecule has 0 saturated carbocycles. The predicted molar refractivity (Wildman–Crippen MR) is 107 cm³/mol. The van der Waals surface area contributed by atoms with Gasteiger partial charge in [0.15, 0.2) is 23.1 Å². The fourth-order valence-corrected chi connectivity index (χ4v) is 2.40. The van der Waals surface area contributed by atoms with Gasteiger partial charge in [-0.15, -0.1) is 0 Å². The van der Waals surface area contributed by atoms with Crippen LogP contribution >= 0.6 is 0 Å². The molecule has 0 bridgehead atoms. The normalized spacial score (nSPS) is 11.0. The van der Waals surface area contributed by atoms with Crippen LogP contribution in [0.15, 0.2) is 48.6 Å². The van der Waals surface area contributed by atoms with E-state index in [4.69, 9.17) is 14.2 Å². The molecule has 1 N–H and O–H groups in total. The van der Waals surface area contributed by atoms with Crippen molar-refractivity contribution in [3.63, 3.8) is 0 Å². The van der Waals surface area contributed by atoms with Gasteiger partial charge in [0, 0.05) is 6.07 Å². The summed E-state index contributed by atoms with van der Waals surface area (Å²) in [5.41, 5.74) is 1.35. The Morgan fingerprint density at radius 1 is 0.821 bits per heavy atom. The van der Waals surface area contributed by atoms with Crippen molar-refractivity contribution >= 4 is 23.7 Å². The summed E-state index contributed by atoms with van der Waals surface area (Å²) in [6, 6.07) is 10.00. The molecule has 2 aromatic carbocycles. The van der Waals surface area contributed by atoms with Crippen LogP contribution < -0.4 is 14.2 Å². The van der Waals surface area contributed by atoms with Crippen LogP contribution in [-0.4, -0.2) is 38.0 Å². The first-order chi connectivity index (χ1) is 13.4. The van der Waals surface area contributed by atoms with Gasteiger partial charge in [0.05, 0.1) is 27.8 Å². The highest BCUT2D eigenvalue weighted by atomic mass is 16.5. The molecule has 0 heterocycles. The maximum atomic E-state index is 12.0. The molecule has 0 saturated heterocycles. The number of hydrogen-bond donors (Lipinski definition) is 1. The summed E-state index contributed by atoms with van der Waals surface area (Å²) in [6.07, 6.45) is 5.54. The second-order valence-corrected chi connectivity index (χ2v) is 5.85. The number of phenolic OH excluding ortho intramolecular Hbond substituents is 1. The third-order valence-corrected chi connectivity index (χ3v) is 3.85. The van der Waals surface area contributed by atoms with E-state index in [1.165, 1.54) is 31.4 Å². The fourth-order valence-electron chi connectivity index (χ4n) is 2.40. The first-order valence-corrected chi connectivity index (χ1v) is 8.47. The summed E-state index contributed by atoms with van der Waals surface area (Å²) >= 11 is 0. The molecule has 146 valence electrons. The van der Waals surface area contributed by atoms with Crippen molar-refractivity contribution in [2.45, 2.75) is 6.42 Å². The summed E-state index contributed by atoms with van der Waals surface area (Å²) in [5, 5.41) is 9.73. The van der Waals surface area contributed by atoms with Crippen LogP contribution in [0.5, 0.6) is 23.0 Å². The quantitative estimate of drug-likeness (QED) is 0.526. The van der Waals surface area contributed by atoms with Crippen LogP contribution in [0.4, 0.5) is 0 Å². The smallest absolute Gasteiger partial charge is 0.163 e. The minimum Gasteiger partial charge on any atom is -0.504 e. The summed E-state index contributed by atoms with van der Waals surface area (Å²) in [7, 11) is 4.54. The lowest BCUT2D eigenvalue weighted by Crippen LogP contribution is -2.01. The molecule has 0 atom stereocenters. The van der Waals surface area contributed by atoms with Crippen molar-refractivity contribution in [3.05, 3.63) is 59.7 Å². The van der Waals surface area contributed by atoms with Gasteiger partial charge in [0.1, 0.15) is 11.5 Å². The number of ether oxygens (including phenoxy) is 3. The van der Waals surface area contributed by atoms with Crippen LogP contribution in [0.25, 0.3) is 12.2 Å². The van der Waals surface area contributed by atoms with Crippen molar-refractivity contribution < 1.29 is 28.9 Å². The van der Waals surface area contributed by atoms with Crippen LogP contribution in [0.2, 0.25) is 0 Å². The van der Waals surface area contributed by atoms with Crippen molar-refractivity contribution in [1.29, 1.82) is 0 Å². The highest BCUT2D eigenvalue weighted by Crippen LogP contribution is 2.26. The number of carbonyl (C=O) groups excluding carboxylic acids is 2. The number of rotatable bonds is 9. The molecule has 0 aromatic heterocycles. The fraction of sp³-hybridized carbons (Fsp3) is 0.182. The lowest BCUT2D eigenvalue weighted by Gasteiger charge is -2.05. The number of methoxy groups -OCH3 is 3. The molecule has 6 nitrogen and oxygen atoms in total. The molecule has 2 rings (SSSR count). The molecule has 0 spiro atoms. The van der Waals surface area contributed by atoms with Gasteiger partial charge in [-0.05, 0) is 47.5 Å². The van der Waals surface area contributed by atoms with Crippen LogP contribution in [-0.2, 0) is 9.59 Å². The molecule has 0 aliphatic carbocycles. The topological polar surface area (TPSA) is 82.1 Å². The Morgan fingerprint density at radius 2 is 1.39 bits per heavy atom. The standard InChI is InChI=1S/C22H22O6/c1-26-19-10-16(11-20(14-19)27-2)5-8-18(24)13-17(23)7-4-15-6-9-22(28-3)21(25)12-15/h4-12,14,25H,13H2,1-3H3/b7-4+,8-5+. The first-order valence-electron chi connectivity index (χ1n) is 8.47. The largest absolute Gasteiger partial charge is 0.504 e. The van der Waals surface area contributed by atoms with Gasteiger partial charge >= 0.3 is 0 Å². The molecule has 0 unspecified atom stereocenters. The minimum absolute atomic E-state index is 0.0233. The second-order valence-electron chi connectivity index (χ2n) is 5.85. The number of carbonyl (C=O) groups is 2. The van der Waals surface area contributed by atoms with Crippen LogP contribution in [0.1, 0.15) is 17.5 Å². The van der Waals surface area contributed by atoms with Crippen LogP contribution in [0.3, 0.4) is 0 Å². The minimum atomic E-state index is -0.340. The Kier molecular flexibility index (Phi) is 7.39. The van der Waals surface area contributed by atoms with Gasteiger partial charge in [-0.25, -0.2) is 0 Å². The van der Waals surface area contributed by atoms with Gasteiger partial charge in [-0.3, -0.25) is 9.59 Å². The van der Waals surface area contributed by atoms with Gasteiger partial charge in [-0.1, -0.05) is 18.2 Å². The highest BCUT2D eigenvalue weighted by molar-refractivity contribution is 6.10. The molecular weight excluding hydrogens is 360 g/mol. The first kappa shape index (κ1) is 20.8. The zero-order valence-electron chi connectivity index (χ0n) is 16.0. The van der Waals surface area contributed by atoms with Crippen molar-refractivity contribution in [2.75, 3.05) is 21.3 Å². The van der Waals surface area contributed by atoms with Gasteiger partial charge in [0.25, 0.3) is 0 Å². The number of hydrogen-bond acceptors (Lipinski definition) is 6. The van der Waals surface area contributed by atoms with Gasteiger partial charge in [-0.2, -0.15) is 0 Å². The van der Waals surface area contributed by atoms with E-state index in [0.717, 1.165) is 5.56 Å². The van der Waals surface area contributed by atoms with E-state index in [9.17, 15) is 14.7 Å². The SMILES string of the molecule is COc1cc(/C=C/C(=O)CC(=O)/C=C/c2ccc(OC)c(O)c2)cc(OC)c1. The number of aromatic hydroxyl groups is 1. The third-order valence-electron chi connectivity index (χ3n) is 3.85. The van der Waals surface area contributed by atoms with Crippen LogP contribution in [0, 0.1) is 0 Å². The molecule has 2 aromatic rings.